The molecule has 3 aromatic rings. The number of carbonyl (C=O) groups is 3. The summed E-state index contributed by atoms with van der Waals surface area (Å²) >= 11 is 0. The second-order valence-electron chi connectivity index (χ2n) is 8.56. The number of unbranched alkanes of at least 4 members (excludes halogenated alkanes) is 1. The van der Waals surface area contributed by atoms with Gasteiger partial charge in [-0.2, -0.15) is 0 Å². The van der Waals surface area contributed by atoms with E-state index in [0.717, 1.165) is 12.0 Å². The Kier molecular flexibility index (Phi) is 9.07. The standard InChI is InChI=1S/C31H28O7/c1-35-26-17-19-28(20-18-26)38-31(34)25-13-15-27(16-14-25)37-29(32)8-4-5-21-36-30(33)24-11-9-23(10-12-24)22-6-2-3-7-22/h2-3,6,9-20H,4-5,7-8,21H2,1H3. The van der Waals surface area contributed by atoms with Crippen molar-refractivity contribution >= 4 is 23.5 Å². The van der Waals surface area contributed by atoms with Gasteiger partial charge in [0.25, 0.3) is 0 Å². The van der Waals surface area contributed by atoms with Gasteiger partial charge in [0.1, 0.15) is 17.2 Å². The maximum atomic E-state index is 12.3. The van der Waals surface area contributed by atoms with E-state index in [0.29, 0.717) is 41.2 Å². The van der Waals surface area contributed by atoms with Crippen molar-refractivity contribution in [3.8, 4) is 17.2 Å². The van der Waals surface area contributed by atoms with Gasteiger partial charge in [0, 0.05) is 6.42 Å². The Morgan fingerprint density at radius 3 is 1.97 bits per heavy atom. The normalized spacial score (nSPS) is 12.0. The highest BCUT2D eigenvalue weighted by Crippen LogP contribution is 2.23. The third-order valence-corrected chi connectivity index (χ3v) is 5.86. The molecule has 7 nitrogen and oxygen atoms in total. The zero-order chi connectivity index (χ0) is 26.7. The van der Waals surface area contributed by atoms with Crippen molar-refractivity contribution in [3.63, 3.8) is 0 Å². The van der Waals surface area contributed by atoms with Gasteiger partial charge < -0.3 is 18.9 Å². The number of methoxy groups -OCH3 is 1. The van der Waals surface area contributed by atoms with E-state index in [1.807, 2.05) is 18.2 Å². The Labute approximate surface area is 221 Å². The Bertz CT molecular complexity index is 1320. The van der Waals surface area contributed by atoms with Crippen LogP contribution < -0.4 is 14.2 Å². The quantitative estimate of drug-likeness (QED) is 0.172. The lowest BCUT2D eigenvalue weighted by Gasteiger charge is -2.08. The molecule has 0 spiro atoms. The van der Waals surface area contributed by atoms with Crippen LogP contribution in [-0.4, -0.2) is 31.6 Å². The van der Waals surface area contributed by atoms with Gasteiger partial charge in [-0.1, -0.05) is 30.4 Å². The van der Waals surface area contributed by atoms with Crippen LogP contribution >= 0.6 is 0 Å². The zero-order valence-corrected chi connectivity index (χ0v) is 21.1. The summed E-state index contributed by atoms with van der Waals surface area (Å²) in [5, 5.41) is 0. The van der Waals surface area contributed by atoms with Crippen LogP contribution in [0.3, 0.4) is 0 Å². The molecule has 0 heterocycles. The maximum Gasteiger partial charge on any atom is 0.343 e. The van der Waals surface area contributed by atoms with Crippen molar-refractivity contribution in [1.29, 1.82) is 0 Å². The third-order valence-electron chi connectivity index (χ3n) is 5.86. The molecule has 194 valence electrons. The number of benzene rings is 3. The lowest BCUT2D eigenvalue weighted by molar-refractivity contribution is -0.134. The molecule has 38 heavy (non-hydrogen) atoms. The molecule has 0 N–H and O–H groups in total. The SMILES string of the molecule is COc1ccc(OC(=O)c2ccc(OC(=O)CCCCOC(=O)c3ccc(C4=CC=CC4)cc3)cc2)cc1. The van der Waals surface area contributed by atoms with Crippen molar-refractivity contribution in [3.05, 3.63) is 108 Å². The molecule has 1 aliphatic carbocycles. The number of carbonyl (C=O) groups excluding carboxylic acids is 3. The van der Waals surface area contributed by atoms with E-state index in [2.05, 4.69) is 12.2 Å². The lowest BCUT2D eigenvalue weighted by atomic mass is 10.0. The first-order valence-corrected chi connectivity index (χ1v) is 12.3. The molecule has 7 heteroatoms. The van der Waals surface area contributed by atoms with E-state index in [9.17, 15) is 14.4 Å². The van der Waals surface area contributed by atoms with Gasteiger partial charge in [0.2, 0.25) is 0 Å². The summed E-state index contributed by atoms with van der Waals surface area (Å²) in [6.07, 6.45) is 8.30. The van der Waals surface area contributed by atoms with Gasteiger partial charge in [-0.3, -0.25) is 4.79 Å². The fourth-order valence-corrected chi connectivity index (χ4v) is 3.75. The molecular weight excluding hydrogens is 484 g/mol. The molecule has 0 unspecified atom stereocenters. The fourth-order valence-electron chi connectivity index (χ4n) is 3.75. The predicted octanol–water partition coefficient (Wildman–Crippen LogP) is 6.19. The van der Waals surface area contributed by atoms with Crippen LogP contribution in [0.5, 0.6) is 17.2 Å². The number of esters is 3. The van der Waals surface area contributed by atoms with Crippen LogP contribution in [0, 0.1) is 0 Å². The molecule has 0 fully saturated rings. The summed E-state index contributed by atoms with van der Waals surface area (Å²) in [6.45, 7) is 0.216. The molecule has 0 amide bonds. The van der Waals surface area contributed by atoms with Crippen LogP contribution in [-0.2, 0) is 9.53 Å². The van der Waals surface area contributed by atoms with Crippen molar-refractivity contribution in [1.82, 2.24) is 0 Å². The van der Waals surface area contributed by atoms with Gasteiger partial charge in [-0.25, -0.2) is 9.59 Å². The third kappa shape index (κ3) is 7.43. The highest BCUT2D eigenvalue weighted by atomic mass is 16.5. The summed E-state index contributed by atoms with van der Waals surface area (Å²) in [5.41, 5.74) is 3.13. The van der Waals surface area contributed by atoms with Gasteiger partial charge in [0.05, 0.1) is 24.8 Å². The minimum Gasteiger partial charge on any atom is -0.497 e. The molecule has 1 aliphatic rings. The molecule has 0 aromatic heterocycles. The number of allylic oxidation sites excluding steroid dienone is 4. The fraction of sp³-hybridized carbons (Fsp3) is 0.194. The number of rotatable bonds is 11. The van der Waals surface area contributed by atoms with E-state index in [-0.39, 0.29) is 19.0 Å². The first-order valence-electron chi connectivity index (χ1n) is 12.3. The van der Waals surface area contributed by atoms with Crippen molar-refractivity contribution < 1.29 is 33.3 Å². The molecule has 3 aromatic carbocycles. The Balaban J connectivity index is 1.13. The van der Waals surface area contributed by atoms with Gasteiger partial charge in [0.15, 0.2) is 0 Å². The van der Waals surface area contributed by atoms with E-state index in [1.165, 1.54) is 29.8 Å². The predicted molar refractivity (Wildman–Crippen MR) is 142 cm³/mol. The number of hydrogen-bond acceptors (Lipinski definition) is 7. The van der Waals surface area contributed by atoms with Gasteiger partial charge in [-0.15, -0.1) is 0 Å². The lowest BCUT2D eigenvalue weighted by Crippen LogP contribution is -2.11. The minimum atomic E-state index is -0.526. The van der Waals surface area contributed by atoms with Crippen LogP contribution in [0.1, 0.15) is 52.0 Å². The molecule has 0 saturated carbocycles. The number of ether oxygens (including phenoxy) is 4. The Morgan fingerprint density at radius 2 is 1.32 bits per heavy atom. The van der Waals surface area contributed by atoms with Crippen LogP contribution in [0.25, 0.3) is 5.57 Å². The van der Waals surface area contributed by atoms with E-state index >= 15 is 0 Å². The maximum absolute atomic E-state index is 12.3. The molecule has 0 saturated heterocycles. The van der Waals surface area contributed by atoms with Gasteiger partial charge in [-0.05, 0) is 91.1 Å². The molecular formula is C31H28O7. The molecule has 4 rings (SSSR count). The zero-order valence-electron chi connectivity index (χ0n) is 21.1. The summed E-state index contributed by atoms with van der Waals surface area (Å²) in [5.74, 6) is 0.0646. The average molecular weight is 513 g/mol. The second kappa shape index (κ2) is 13.1. The Morgan fingerprint density at radius 1 is 0.711 bits per heavy atom. The average Bonchev–Trinajstić information content (AvgIpc) is 3.49. The first-order chi connectivity index (χ1) is 18.5. The highest BCUT2D eigenvalue weighted by Gasteiger charge is 2.12. The van der Waals surface area contributed by atoms with E-state index in [4.69, 9.17) is 18.9 Å². The summed E-state index contributed by atoms with van der Waals surface area (Å²) in [7, 11) is 1.56. The summed E-state index contributed by atoms with van der Waals surface area (Å²) < 4.78 is 21.0. The Hall–Kier alpha value is -4.65. The van der Waals surface area contributed by atoms with E-state index in [1.54, 1.807) is 43.5 Å². The second-order valence-corrected chi connectivity index (χ2v) is 8.56. The van der Waals surface area contributed by atoms with Crippen LogP contribution in [0.2, 0.25) is 0 Å². The van der Waals surface area contributed by atoms with Gasteiger partial charge >= 0.3 is 17.9 Å². The molecule has 0 bridgehead atoms. The minimum absolute atomic E-state index is 0.177. The van der Waals surface area contributed by atoms with E-state index < -0.39 is 11.9 Å². The van der Waals surface area contributed by atoms with Crippen molar-refractivity contribution in [2.45, 2.75) is 25.7 Å². The highest BCUT2D eigenvalue weighted by molar-refractivity contribution is 5.91. The molecule has 0 radical (unpaired) electrons. The molecule has 0 atom stereocenters. The topological polar surface area (TPSA) is 88.1 Å². The number of hydrogen-bond donors (Lipinski definition) is 0. The van der Waals surface area contributed by atoms with Crippen LogP contribution in [0.4, 0.5) is 0 Å². The smallest absolute Gasteiger partial charge is 0.343 e. The molecule has 0 aliphatic heterocycles. The van der Waals surface area contributed by atoms with Crippen molar-refractivity contribution in [2.75, 3.05) is 13.7 Å². The monoisotopic (exact) mass is 512 g/mol. The van der Waals surface area contributed by atoms with Crippen molar-refractivity contribution in [2.24, 2.45) is 0 Å². The summed E-state index contributed by atoms with van der Waals surface area (Å²) in [4.78, 5) is 36.7. The first kappa shape index (κ1) is 26.4. The van der Waals surface area contributed by atoms with Crippen LogP contribution in [0.15, 0.2) is 91.0 Å². The largest absolute Gasteiger partial charge is 0.497 e. The summed E-state index contributed by atoms with van der Waals surface area (Å²) in [6, 6.07) is 20.2.